The minimum Gasteiger partial charge on any atom is -0.467 e. The topological polar surface area (TPSA) is 74.5 Å². The minimum absolute atomic E-state index is 0.126. The Bertz CT molecular complexity index is 363. The minimum atomic E-state index is -0.694. The molecular formula is C14H24N2O3. The highest BCUT2D eigenvalue weighted by atomic mass is 16.4. The van der Waals surface area contributed by atoms with E-state index in [4.69, 9.17) is 4.42 Å². The summed E-state index contributed by atoms with van der Waals surface area (Å²) < 4.78 is 5.11. The second kappa shape index (κ2) is 7.84. The number of hydrogen-bond acceptors (Lipinski definition) is 3. The molecule has 0 aromatic carbocycles. The van der Waals surface area contributed by atoms with Gasteiger partial charge in [0.1, 0.15) is 11.9 Å². The molecule has 1 aromatic rings. The SMILES string of the molecule is CC(C)CCNC(=O)NC(C)CC(O)c1ccco1. The van der Waals surface area contributed by atoms with Gasteiger partial charge in [0.15, 0.2) is 0 Å². The zero-order valence-electron chi connectivity index (χ0n) is 11.8. The summed E-state index contributed by atoms with van der Waals surface area (Å²) in [4.78, 5) is 11.6. The molecule has 1 rings (SSSR count). The van der Waals surface area contributed by atoms with Gasteiger partial charge in [-0.2, -0.15) is 0 Å². The molecule has 0 saturated heterocycles. The number of amides is 2. The van der Waals surface area contributed by atoms with Gasteiger partial charge in [-0.15, -0.1) is 0 Å². The molecule has 0 fully saturated rings. The second-order valence-electron chi connectivity index (χ2n) is 5.25. The standard InChI is InChI=1S/C14H24N2O3/c1-10(2)6-7-15-14(18)16-11(3)9-12(17)13-5-4-8-19-13/h4-5,8,10-12,17H,6-7,9H2,1-3H3,(H2,15,16,18). The highest BCUT2D eigenvalue weighted by molar-refractivity contribution is 5.74. The number of urea groups is 1. The van der Waals surface area contributed by atoms with Crippen molar-refractivity contribution in [2.45, 2.75) is 45.8 Å². The monoisotopic (exact) mass is 268 g/mol. The molecule has 5 nitrogen and oxygen atoms in total. The van der Waals surface area contributed by atoms with Crippen LogP contribution in [0.15, 0.2) is 22.8 Å². The molecule has 0 saturated carbocycles. The lowest BCUT2D eigenvalue weighted by atomic mass is 10.1. The lowest BCUT2D eigenvalue weighted by Crippen LogP contribution is -2.41. The number of hydrogen-bond donors (Lipinski definition) is 3. The zero-order valence-corrected chi connectivity index (χ0v) is 11.8. The van der Waals surface area contributed by atoms with Gasteiger partial charge >= 0.3 is 6.03 Å². The average Bonchev–Trinajstić information content (AvgIpc) is 2.81. The van der Waals surface area contributed by atoms with Crippen molar-refractivity contribution < 1.29 is 14.3 Å². The van der Waals surface area contributed by atoms with Crippen LogP contribution in [-0.2, 0) is 0 Å². The summed E-state index contributed by atoms with van der Waals surface area (Å²) in [5.41, 5.74) is 0. The Morgan fingerprint density at radius 2 is 2.16 bits per heavy atom. The summed E-state index contributed by atoms with van der Waals surface area (Å²) in [6, 6.07) is 3.13. The van der Waals surface area contributed by atoms with E-state index in [0.29, 0.717) is 24.6 Å². The maximum Gasteiger partial charge on any atom is 0.314 e. The first-order valence-corrected chi connectivity index (χ1v) is 6.75. The van der Waals surface area contributed by atoms with Crippen LogP contribution in [0.4, 0.5) is 4.79 Å². The second-order valence-corrected chi connectivity index (χ2v) is 5.25. The molecule has 2 unspecified atom stereocenters. The molecular weight excluding hydrogens is 244 g/mol. The molecule has 19 heavy (non-hydrogen) atoms. The van der Waals surface area contributed by atoms with E-state index < -0.39 is 6.10 Å². The fraction of sp³-hybridized carbons (Fsp3) is 0.643. The molecule has 0 aliphatic rings. The van der Waals surface area contributed by atoms with Crippen LogP contribution >= 0.6 is 0 Å². The van der Waals surface area contributed by atoms with Crippen molar-refractivity contribution in [1.82, 2.24) is 10.6 Å². The van der Waals surface area contributed by atoms with Crippen molar-refractivity contribution in [3.05, 3.63) is 24.2 Å². The van der Waals surface area contributed by atoms with Crippen molar-refractivity contribution in [3.8, 4) is 0 Å². The third kappa shape index (κ3) is 6.29. The van der Waals surface area contributed by atoms with Crippen molar-refractivity contribution in [2.24, 2.45) is 5.92 Å². The average molecular weight is 268 g/mol. The van der Waals surface area contributed by atoms with Crippen LogP contribution in [0.2, 0.25) is 0 Å². The summed E-state index contributed by atoms with van der Waals surface area (Å²) in [5.74, 6) is 1.09. The lowest BCUT2D eigenvalue weighted by molar-refractivity contribution is 0.129. The van der Waals surface area contributed by atoms with E-state index in [2.05, 4.69) is 24.5 Å². The Kier molecular flexibility index (Phi) is 6.42. The fourth-order valence-electron chi connectivity index (χ4n) is 1.74. The van der Waals surface area contributed by atoms with Crippen LogP contribution in [0.25, 0.3) is 0 Å². The van der Waals surface area contributed by atoms with Crippen LogP contribution in [0, 0.1) is 5.92 Å². The van der Waals surface area contributed by atoms with E-state index in [9.17, 15) is 9.90 Å². The summed E-state index contributed by atoms with van der Waals surface area (Å²) in [7, 11) is 0. The smallest absolute Gasteiger partial charge is 0.314 e. The normalized spacial score (nSPS) is 14.2. The Morgan fingerprint density at radius 1 is 1.42 bits per heavy atom. The van der Waals surface area contributed by atoms with Crippen LogP contribution in [0.1, 0.15) is 45.5 Å². The molecule has 0 bridgehead atoms. The quantitative estimate of drug-likeness (QED) is 0.711. The highest BCUT2D eigenvalue weighted by Crippen LogP contribution is 2.18. The lowest BCUT2D eigenvalue weighted by Gasteiger charge is -2.17. The zero-order chi connectivity index (χ0) is 14.3. The maximum atomic E-state index is 11.6. The summed E-state index contributed by atoms with van der Waals surface area (Å²) in [5, 5.41) is 15.5. The number of carbonyl (C=O) groups excluding carboxylic acids is 1. The highest BCUT2D eigenvalue weighted by Gasteiger charge is 2.16. The Hall–Kier alpha value is -1.49. The molecule has 0 radical (unpaired) electrons. The fourth-order valence-corrected chi connectivity index (χ4v) is 1.74. The van der Waals surface area contributed by atoms with Crippen LogP contribution in [0.3, 0.4) is 0 Å². The molecule has 108 valence electrons. The molecule has 2 amide bonds. The van der Waals surface area contributed by atoms with Gasteiger partial charge in [-0.3, -0.25) is 0 Å². The first-order chi connectivity index (χ1) is 8.99. The number of furan rings is 1. The van der Waals surface area contributed by atoms with Crippen LogP contribution < -0.4 is 10.6 Å². The molecule has 0 aliphatic carbocycles. The third-order valence-electron chi connectivity index (χ3n) is 2.83. The van der Waals surface area contributed by atoms with Crippen LogP contribution in [-0.4, -0.2) is 23.7 Å². The molecule has 1 heterocycles. The van der Waals surface area contributed by atoms with Gasteiger partial charge in [-0.05, 0) is 31.4 Å². The largest absolute Gasteiger partial charge is 0.467 e. The van der Waals surface area contributed by atoms with Gasteiger partial charge in [-0.1, -0.05) is 13.8 Å². The summed E-state index contributed by atoms with van der Waals surface area (Å²) in [6.07, 6.45) is 2.21. The molecule has 0 aliphatic heterocycles. The third-order valence-corrected chi connectivity index (χ3v) is 2.83. The van der Waals surface area contributed by atoms with Gasteiger partial charge < -0.3 is 20.2 Å². The molecule has 1 aromatic heterocycles. The maximum absolute atomic E-state index is 11.6. The van der Waals surface area contributed by atoms with Gasteiger partial charge in [-0.25, -0.2) is 4.79 Å². The van der Waals surface area contributed by atoms with E-state index in [1.807, 2.05) is 6.92 Å². The predicted molar refractivity (Wildman–Crippen MR) is 73.7 cm³/mol. The van der Waals surface area contributed by atoms with E-state index in [0.717, 1.165) is 6.42 Å². The number of aliphatic hydroxyl groups is 1. The Morgan fingerprint density at radius 3 is 2.74 bits per heavy atom. The van der Waals surface area contributed by atoms with E-state index in [1.54, 1.807) is 12.1 Å². The van der Waals surface area contributed by atoms with Gasteiger partial charge in [0, 0.05) is 19.0 Å². The summed E-state index contributed by atoms with van der Waals surface area (Å²) >= 11 is 0. The van der Waals surface area contributed by atoms with Gasteiger partial charge in [0.05, 0.1) is 6.26 Å². The van der Waals surface area contributed by atoms with Crippen molar-refractivity contribution in [3.63, 3.8) is 0 Å². The van der Waals surface area contributed by atoms with Gasteiger partial charge in [0.25, 0.3) is 0 Å². The number of carbonyl (C=O) groups is 1. The Balaban J connectivity index is 2.23. The van der Waals surface area contributed by atoms with Crippen molar-refractivity contribution in [1.29, 1.82) is 0 Å². The van der Waals surface area contributed by atoms with E-state index in [-0.39, 0.29) is 12.1 Å². The molecule has 0 spiro atoms. The van der Waals surface area contributed by atoms with Crippen molar-refractivity contribution in [2.75, 3.05) is 6.54 Å². The summed E-state index contributed by atoms with van der Waals surface area (Å²) in [6.45, 7) is 6.75. The molecule has 2 atom stereocenters. The predicted octanol–water partition coefficient (Wildman–Crippen LogP) is 2.44. The number of nitrogens with one attached hydrogen (secondary N) is 2. The van der Waals surface area contributed by atoms with Crippen molar-refractivity contribution >= 4 is 6.03 Å². The van der Waals surface area contributed by atoms with E-state index in [1.165, 1.54) is 6.26 Å². The molecule has 3 N–H and O–H groups in total. The Labute approximate surface area is 114 Å². The first-order valence-electron chi connectivity index (χ1n) is 6.75. The number of aliphatic hydroxyl groups excluding tert-OH is 1. The number of rotatable bonds is 7. The molecule has 5 heteroatoms. The first kappa shape index (κ1) is 15.6. The van der Waals surface area contributed by atoms with Crippen LogP contribution in [0.5, 0.6) is 0 Å². The van der Waals surface area contributed by atoms with Gasteiger partial charge in [0.2, 0.25) is 0 Å². The van der Waals surface area contributed by atoms with E-state index >= 15 is 0 Å².